The van der Waals surface area contributed by atoms with Crippen molar-refractivity contribution < 1.29 is 25.2 Å². The molecule has 102 valence electrons. The van der Waals surface area contributed by atoms with Gasteiger partial charge in [-0.2, -0.15) is 16.8 Å². The fraction of sp³-hybridized carbons (Fsp3) is 0.400. The number of benzene rings is 1. The van der Waals surface area contributed by atoms with Gasteiger partial charge in [-0.1, -0.05) is 24.3 Å². The van der Waals surface area contributed by atoms with Gasteiger partial charge in [0.2, 0.25) is 0 Å². The molecule has 0 bridgehead atoms. The third-order valence-electron chi connectivity index (χ3n) is 1.90. The third-order valence-corrected chi connectivity index (χ3v) is 2.99. The highest BCUT2D eigenvalue weighted by Crippen LogP contribution is 2.09. The Bertz CT molecular complexity index is 531. The molecule has 0 aliphatic rings. The lowest BCUT2D eigenvalue weighted by atomic mass is 10.1. The summed E-state index contributed by atoms with van der Waals surface area (Å²) in [6.45, 7) is -0.0991. The van der Waals surface area contributed by atoms with E-state index in [0.29, 0.717) is 11.1 Å². The molecule has 1 aromatic carbocycles. The van der Waals surface area contributed by atoms with Gasteiger partial charge in [0.05, 0.1) is 25.7 Å². The minimum absolute atomic E-state index is 0.0496. The number of hydrogen-bond acceptors (Lipinski definition) is 6. The number of hydrogen-bond donors (Lipinski definition) is 0. The first-order chi connectivity index (χ1) is 8.16. The van der Waals surface area contributed by atoms with Gasteiger partial charge in [0.15, 0.2) is 0 Å². The molecule has 8 heteroatoms. The van der Waals surface area contributed by atoms with Crippen molar-refractivity contribution >= 4 is 20.2 Å². The standard InChI is InChI=1S/C10H14O6S2/c1-17(11,12)15-7-9-3-5-10(6-4-9)8-16-18(2,13)14/h3-6H,7-8H2,1-2H3. The van der Waals surface area contributed by atoms with Crippen LogP contribution in [0, 0.1) is 0 Å². The molecule has 0 amide bonds. The Balaban J connectivity index is 2.58. The van der Waals surface area contributed by atoms with Crippen molar-refractivity contribution in [1.29, 1.82) is 0 Å². The van der Waals surface area contributed by atoms with E-state index >= 15 is 0 Å². The van der Waals surface area contributed by atoms with Gasteiger partial charge in [-0.05, 0) is 11.1 Å². The van der Waals surface area contributed by atoms with E-state index in [1.807, 2.05) is 0 Å². The summed E-state index contributed by atoms with van der Waals surface area (Å²) < 4.78 is 52.3. The number of rotatable bonds is 6. The second-order valence-corrected chi connectivity index (χ2v) is 7.04. The largest absolute Gasteiger partial charge is 0.265 e. The minimum Gasteiger partial charge on any atom is -0.265 e. The highest BCUT2D eigenvalue weighted by atomic mass is 32.2. The summed E-state index contributed by atoms with van der Waals surface area (Å²) in [5.41, 5.74) is 1.34. The smallest absolute Gasteiger partial charge is 0.264 e. The molecule has 1 rings (SSSR count). The molecule has 6 nitrogen and oxygen atoms in total. The van der Waals surface area contributed by atoms with Crippen LogP contribution in [0.1, 0.15) is 11.1 Å². The van der Waals surface area contributed by atoms with Crippen molar-refractivity contribution in [3.05, 3.63) is 35.4 Å². The minimum atomic E-state index is -3.47. The van der Waals surface area contributed by atoms with Crippen molar-refractivity contribution in [3.8, 4) is 0 Å². The Kier molecular flexibility index (Phi) is 4.85. The molecule has 0 aliphatic heterocycles. The summed E-state index contributed by atoms with van der Waals surface area (Å²) in [6, 6.07) is 6.58. The zero-order valence-corrected chi connectivity index (χ0v) is 11.6. The van der Waals surface area contributed by atoms with Gasteiger partial charge in [0.1, 0.15) is 0 Å². The quantitative estimate of drug-likeness (QED) is 0.716. The van der Waals surface area contributed by atoms with E-state index in [0.717, 1.165) is 12.5 Å². The Morgan fingerprint density at radius 1 is 0.778 bits per heavy atom. The first-order valence-corrected chi connectivity index (χ1v) is 8.56. The third kappa shape index (κ3) is 6.70. The maximum atomic E-state index is 10.8. The summed E-state index contributed by atoms with van der Waals surface area (Å²) in [6.07, 6.45) is 1.95. The van der Waals surface area contributed by atoms with Gasteiger partial charge in [0.25, 0.3) is 20.2 Å². The Labute approximate surface area is 107 Å². The second-order valence-electron chi connectivity index (χ2n) is 3.75. The second kappa shape index (κ2) is 5.79. The molecule has 0 aromatic heterocycles. The normalized spacial score (nSPS) is 12.6. The van der Waals surface area contributed by atoms with Gasteiger partial charge in [-0.3, -0.25) is 8.37 Å². The SMILES string of the molecule is CS(=O)(=O)OCc1ccc(COS(C)(=O)=O)cc1. The maximum absolute atomic E-state index is 10.8. The molecule has 0 N–H and O–H groups in total. The first-order valence-electron chi connectivity index (χ1n) is 4.92. The summed E-state index contributed by atoms with van der Waals surface area (Å²) in [4.78, 5) is 0. The summed E-state index contributed by atoms with van der Waals surface area (Å²) in [5, 5.41) is 0. The monoisotopic (exact) mass is 294 g/mol. The van der Waals surface area contributed by atoms with Gasteiger partial charge in [-0.15, -0.1) is 0 Å². The zero-order valence-electron chi connectivity index (χ0n) is 9.99. The van der Waals surface area contributed by atoms with Gasteiger partial charge < -0.3 is 0 Å². The lowest BCUT2D eigenvalue weighted by Gasteiger charge is -2.04. The van der Waals surface area contributed by atoms with Crippen molar-refractivity contribution in [2.75, 3.05) is 12.5 Å². The van der Waals surface area contributed by atoms with E-state index in [1.165, 1.54) is 0 Å². The van der Waals surface area contributed by atoms with E-state index < -0.39 is 20.2 Å². The van der Waals surface area contributed by atoms with E-state index in [2.05, 4.69) is 8.37 Å². The Morgan fingerprint density at radius 3 is 1.28 bits per heavy atom. The molecular weight excluding hydrogens is 280 g/mol. The van der Waals surface area contributed by atoms with Crippen LogP contribution in [0.4, 0.5) is 0 Å². The summed E-state index contributed by atoms with van der Waals surface area (Å²) >= 11 is 0. The van der Waals surface area contributed by atoms with Crippen LogP contribution < -0.4 is 0 Å². The molecule has 0 aliphatic carbocycles. The topological polar surface area (TPSA) is 86.7 Å². The Hall–Kier alpha value is -0.960. The molecule has 1 aromatic rings. The average molecular weight is 294 g/mol. The highest BCUT2D eigenvalue weighted by Gasteiger charge is 2.04. The fourth-order valence-electron chi connectivity index (χ4n) is 1.08. The van der Waals surface area contributed by atoms with Crippen molar-refractivity contribution in [1.82, 2.24) is 0 Å². The van der Waals surface area contributed by atoms with Crippen molar-refractivity contribution in [3.63, 3.8) is 0 Å². The van der Waals surface area contributed by atoms with E-state index in [-0.39, 0.29) is 13.2 Å². The van der Waals surface area contributed by atoms with Crippen LogP contribution >= 0.6 is 0 Å². The van der Waals surface area contributed by atoms with Gasteiger partial charge >= 0.3 is 0 Å². The molecule has 0 atom stereocenters. The fourth-order valence-corrected chi connectivity index (χ4v) is 1.78. The Morgan fingerprint density at radius 2 is 1.06 bits per heavy atom. The molecule has 0 spiro atoms. The molecular formula is C10H14O6S2. The molecule has 0 heterocycles. The first kappa shape index (κ1) is 15.1. The maximum Gasteiger partial charge on any atom is 0.264 e. The van der Waals surface area contributed by atoms with Gasteiger partial charge in [-0.25, -0.2) is 0 Å². The van der Waals surface area contributed by atoms with Gasteiger partial charge in [0, 0.05) is 0 Å². The highest BCUT2D eigenvalue weighted by molar-refractivity contribution is 7.86. The predicted molar refractivity (Wildman–Crippen MR) is 65.7 cm³/mol. The molecule has 0 unspecified atom stereocenters. The van der Waals surface area contributed by atoms with E-state index in [9.17, 15) is 16.8 Å². The molecule has 18 heavy (non-hydrogen) atoms. The molecule has 0 fully saturated rings. The van der Waals surface area contributed by atoms with Crippen LogP contribution in [-0.2, 0) is 41.8 Å². The summed E-state index contributed by atoms with van der Waals surface area (Å²) in [7, 11) is -6.93. The lowest BCUT2D eigenvalue weighted by molar-refractivity contribution is 0.308. The van der Waals surface area contributed by atoms with Crippen LogP contribution in [0.3, 0.4) is 0 Å². The summed E-state index contributed by atoms with van der Waals surface area (Å²) in [5.74, 6) is 0. The average Bonchev–Trinajstić information content (AvgIpc) is 2.23. The lowest BCUT2D eigenvalue weighted by Crippen LogP contribution is -2.04. The molecule has 0 radical (unpaired) electrons. The van der Waals surface area contributed by atoms with Crippen molar-refractivity contribution in [2.24, 2.45) is 0 Å². The predicted octanol–water partition coefficient (Wildman–Crippen LogP) is 0.639. The van der Waals surface area contributed by atoms with Crippen LogP contribution in [0.25, 0.3) is 0 Å². The van der Waals surface area contributed by atoms with Crippen LogP contribution in [0.5, 0.6) is 0 Å². The van der Waals surface area contributed by atoms with Crippen molar-refractivity contribution in [2.45, 2.75) is 13.2 Å². The molecule has 0 saturated carbocycles. The van der Waals surface area contributed by atoms with Crippen LogP contribution in [-0.4, -0.2) is 29.3 Å². The van der Waals surface area contributed by atoms with Crippen LogP contribution in [0.15, 0.2) is 24.3 Å². The zero-order chi connectivity index (χ0) is 13.8. The van der Waals surface area contributed by atoms with Crippen LogP contribution in [0.2, 0.25) is 0 Å². The molecule has 0 saturated heterocycles. The van der Waals surface area contributed by atoms with E-state index in [4.69, 9.17) is 0 Å². The van der Waals surface area contributed by atoms with E-state index in [1.54, 1.807) is 24.3 Å².